The van der Waals surface area contributed by atoms with Crippen LogP contribution in [-0.4, -0.2) is 25.2 Å². The average Bonchev–Trinajstić information content (AvgIpc) is 2.83. The van der Waals surface area contributed by atoms with Crippen LogP contribution in [-0.2, 0) is 9.53 Å². The van der Waals surface area contributed by atoms with Crippen LogP contribution < -0.4 is 9.47 Å². The third kappa shape index (κ3) is 2.68. The molecule has 0 unspecified atom stereocenters. The van der Waals surface area contributed by atoms with E-state index in [-0.39, 0.29) is 19.2 Å². The zero-order chi connectivity index (χ0) is 13.0. The molecule has 0 saturated carbocycles. The first-order valence-electron chi connectivity index (χ1n) is 5.43. The van der Waals surface area contributed by atoms with Crippen molar-refractivity contribution in [1.29, 1.82) is 0 Å². The Kier molecular flexibility index (Phi) is 3.62. The number of allylic oxidation sites excluding steroid dienone is 1. The van der Waals surface area contributed by atoms with Crippen molar-refractivity contribution in [3.05, 3.63) is 35.9 Å². The highest BCUT2D eigenvalue weighted by molar-refractivity contribution is 5.99. The highest BCUT2D eigenvalue weighted by atomic mass is 16.7. The number of ketones is 1. The van der Waals surface area contributed by atoms with E-state index in [1.54, 1.807) is 31.2 Å². The van der Waals surface area contributed by atoms with Crippen molar-refractivity contribution in [1.82, 2.24) is 0 Å². The van der Waals surface area contributed by atoms with E-state index in [1.165, 1.54) is 6.08 Å². The second kappa shape index (κ2) is 5.35. The normalized spacial score (nSPS) is 12.7. The van der Waals surface area contributed by atoms with Crippen LogP contribution in [0.25, 0.3) is 0 Å². The largest absolute Gasteiger partial charge is 0.454 e. The third-order valence-corrected chi connectivity index (χ3v) is 2.34. The van der Waals surface area contributed by atoms with Crippen LogP contribution in [0.5, 0.6) is 11.5 Å². The molecule has 0 bridgehead atoms. The Labute approximate surface area is 104 Å². The van der Waals surface area contributed by atoms with Gasteiger partial charge in [-0.1, -0.05) is 6.08 Å². The maximum Gasteiger partial charge on any atom is 0.330 e. The molecule has 5 nitrogen and oxygen atoms in total. The number of carbonyl (C=O) groups is 2. The molecule has 1 aliphatic rings. The fourth-order valence-corrected chi connectivity index (χ4v) is 1.47. The van der Waals surface area contributed by atoms with Crippen LogP contribution in [0.4, 0.5) is 0 Å². The number of carbonyl (C=O) groups excluding carboxylic acids is 2. The summed E-state index contributed by atoms with van der Waals surface area (Å²) in [5, 5.41) is 0. The second-order valence-corrected chi connectivity index (χ2v) is 3.60. The smallest absolute Gasteiger partial charge is 0.330 e. The number of fused-ring (bicyclic) bond motifs is 1. The van der Waals surface area contributed by atoms with Crippen LogP contribution in [0.3, 0.4) is 0 Å². The van der Waals surface area contributed by atoms with Crippen molar-refractivity contribution in [3.8, 4) is 11.5 Å². The van der Waals surface area contributed by atoms with Crippen molar-refractivity contribution < 1.29 is 23.8 Å². The van der Waals surface area contributed by atoms with Crippen LogP contribution in [0, 0.1) is 0 Å². The van der Waals surface area contributed by atoms with Gasteiger partial charge in [-0.3, -0.25) is 4.79 Å². The molecule has 0 amide bonds. The van der Waals surface area contributed by atoms with E-state index in [0.717, 1.165) is 0 Å². The maximum atomic E-state index is 11.8. The lowest BCUT2D eigenvalue weighted by atomic mass is 10.1. The summed E-state index contributed by atoms with van der Waals surface area (Å²) in [4.78, 5) is 22.8. The summed E-state index contributed by atoms with van der Waals surface area (Å²) in [6.45, 7) is 1.56. The fourth-order valence-electron chi connectivity index (χ4n) is 1.47. The summed E-state index contributed by atoms with van der Waals surface area (Å²) in [6.07, 6.45) is 2.81. The molecule has 0 N–H and O–H groups in total. The van der Waals surface area contributed by atoms with Crippen molar-refractivity contribution in [3.63, 3.8) is 0 Å². The lowest BCUT2D eigenvalue weighted by Crippen LogP contribution is -2.12. The molecule has 0 aliphatic carbocycles. The number of ether oxygens (including phenoxy) is 3. The van der Waals surface area contributed by atoms with E-state index in [4.69, 9.17) is 14.2 Å². The number of hydrogen-bond acceptors (Lipinski definition) is 5. The predicted octanol–water partition coefficient (Wildman–Crippen LogP) is 1.72. The molecule has 0 spiro atoms. The molecule has 1 aliphatic heterocycles. The van der Waals surface area contributed by atoms with Gasteiger partial charge in [0.05, 0.1) is 0 Å². The standard InChI is InChI=1S/C13H12O5/c1-2-3-13(15)16-7-10(14)9-4-5-11-12(6-9)18-8-17-11/h2-6H,7-8H2,1H3/b3-2+. The first-order valence-corrected chi connectivity index (χ1v) is 5.43. The van der Waals surface area contributed by atoms with Gasteiger partial charge in [0.15, 0.2) is 23.9 Å². The van der Waals surface area contributed by atoms with Crippen molar-refractivity contribution in [2.45, 2.75) is 6.92 Å². The molecule has 5 heteroatoms. The summed E-state index contributed by atoms with van der Waals surface area (Å²) < 4.78 is 15.1. The highest BCUT2D eigenvalue weighted by Gasteiger charge is 2.16. The summed E-state index contributed by atoms with van der Waals surface area (Å²) in [5.74, 6) is 0.316. The van der Waals surface area contributed by atoms with E-state index in [1.807, 2.05) is 0 Å². The van der Waals surface area contributed by atoms with Crippen molar-refractivity contribution in [2.75, 3.05) is 13.4 Å². The molecule has 1 heterocycles. The number of esters is 1. The van der Waals surface area contributed by atoms with Crippen LogP contribution >= 0.6 is 0 Å². The molecule has 1 aromatic rings. The average molecular weight is 248 g/mol. The van der Waals surface area contributed by atoms with Gasteiger partial charge >= 0.3 is 5.97 Å². The van der Waals surface area contributed by atoms with Crippen molar-refractivity contribution in [2.24, 2.45) is 0 Å². The molecule has 0 aromatic heterocycles. The Morgan fingerprint density at radius 1 is 1.33 bits per heavy atom. The Morgan fingerprint density at radius 3 is 2.89 bits per heavy atom. The molecule has 0 fully saturated rings. The minimum absolute atomic E-state index is 0.156. The number of benzene rings is 1. The second-order valence-electron chi connectivity index (χ2n) is 3.60. The first kappa shape index (κ1) is 12.2. The van der Waals surface area contributed by atoms with Gasteiger partial charge in [0, 0.05) is 11.6 Å². The Hall–Kier alpha value is -2.30. The minimum atomic E-state index is -0.536. The minimum Gasteiger partial charge on any atom is -0.454 e. The van der Waals surface area contributed by atoms with Gasteiger partial charge in [0.2, 0.25) is 6.79 Å². The lowest BCUT2D eigenvalue weighted by Gasteiger charge is -2.03. The number of hydrogen-bond donors (Lipinski definition) is 0. The molecule has 1 aromatic carbocycles. The molecular formula is C13H12O5. The van der Waals surface area contributed by atoms with Gasteiger partial charge in [0.25, 0.3) is 0 Å². The SMILES string of the molecule is C/C=C/C(=O)OCC(=O)c1ccc2c(c1)OCO2. The maximum absolute atomic E-state index is 11.8. The fraction of sp³-hybridized carbons (Fsp3) is 0.231. The molecule has 0 saturated heterocycles. The third-order valence-electron chi connectivity index (χ3n) is 2.34. The summed E-state index contributed by atoms with van der Waals surface area (Å²) in [7, 11) is 0. The van der Waals surface area contributed by atoms with Gasteiger partial charge < -0.3 is 14.2 Å². The van der Waals surface area contributed by atoms with Gasteiger partial charge in [0.1, 0.15) is 0 Å². The molecule has 2 rings (SSSR count). The van der Waals surface area contributed by atoms with Gasteiger partial charge in [-0.25, -0.2) is 4.79 Å². The molecule has 0 radical (unpaired) electrons. The van der Waals surface area contributed by atoms with E-state index < -0.39 is 5.97 Å². The Bertz CT molecular complexity index is 504. The van der Waals surface area contributed by atoms with E-state index in [2.05, 4.69) is 0 Å². The first-order chi connectivity index (χ1) is 8.70. The van der Waals surface area contributed by atoms with Gasteiger partial charge in [-0.05, 0) is 25.1 Å². The zero-order valence-electron chi connectivity index (χ0n) is 9.84. The topological polar surface area (TPSA) is 61.8 Å². The summed E-state index contributed by atoms with van der Waals surface area (Å²) in [5.41, 5.74) is 0.424. The van der Waals surface area contributed by atoms with E-state index in [9.17, 15) is 9.59 Å². The van der Waals surface area contributed by atoms with Gasteiger partial charge in [-0.2, -0.15) is 0 Å². The lowest BCUT2D eigenvalue weighted by molar-refractivity contribution is -0.136. The summed E-state index contributed by atoms with van der Waals surface area (Å²) >= 11 is 0. The summed E-state index contributed by atoms with van der Waals surface area (Å²) in [6, 6.07) is 4.84. The molecule has 18 heavy (non-hydrogen) atoms. The molecule has 94 valence electrons. The van der Waals surface area contributed by atoms with Crippen LogP contribution in [0.2, 0.25) is 0 Å². The number of rotatable bonds is 4. The molecule has 0 atom stereocenters. The van der Waals surface area contributed by atoms with E-state index in [0.29, 0.717) is 17.1 Å². The van der Waals surface area contributed by atoms with Crippen LogP contribution in [0.15, 0.2) is 30.4 Å². The molecular weight excluding hydrogens is 236 g/mol. The quantitative estimate of drug-likeness (QED) is 0.461. The zero-order valence-corrected chi connectivity index (χ0v) is 9.84. The Morgan fingerprint density at radius 2 is 2.11 bits per heavy atom. The predicted molar refractivity (Wildman–Crippen MR) is 62.7 cm³/mol. The highest BCUT2D eigenvalue weighted by Crippen LogP contribution is 2.32. The monoisotopic (exact) mass is 248 g/mol. The van der Waals surface area contributed by atoms with Crippen LogP contribution in [0.1, 0.15) is 17.3 Å². The number of Topliss-reactive ketones (excluding diaryl/α,β-unsaturated/α-hetero) is 1. The van der Waals surface area contributed by atoms with E-state index >= 15 is 0 Å². The van der Waals surface area contributed by atoms with Gasteiger partial charge in [-0.15, -0.1) is 0 Å². The van der Waals surface area contributed by atoms with Crippen molar-refractivity contribution >= 4 is 11.8 Å². The Balaban J connectivity index is 1.99.